The van der Waals surface area contributed by atoms with Crippen molar-refractivity contribution in [3.05, 3.63) is 90.0 Å². The summed E-state index contributed by atoms with van der Waals surface area (Å²) in [6, 6.07) is 21.8. The standard InChI is InChI=1S/C26H30N2O6S2/c1-33-22-13-14-26(25(15-22)34-2)36(31,32)28(17-21-11-7-4-8-12-21)24-19-35(29,30)18-23(24)27-16-20-9-5-3-6-10-20/h3-15,23-24,27H,16-19H2,1-2H3/t23-,24+/m1/s1. The summed E-state index contributed by atoms with van der Waals surface area (Å²) in [5, 5.41) is 3.30. The van der Waals surface area contributed by atoms with Crippen LogP contribution in [0, 0.1) is 0 Å². The molecule has 1 N–H and O–H groups in total. The first-order valence-corrected chi connectivity index (χ1v) is 14.7. The quantitative estimate of drug-likeness (QED) is 0.430. The summed E-state index contributed by atoms with van der Waals surface area (Å²) in [6.45, 7) is 0.435. The highest BCUT2D eigenvalue weighted by Crippen LogP contribution is 2.34. The molecule has 0 aromatic heterocycles. The Labute approximate surface area is 212 Å². The number of benzene rings is 3. The van der Waals surface area contributed by atoms with Crippen LogP contribution in [0.25, 0.3) is 0 Å². The van der Waals surface area contributed by atoms with Gasteiger partial charge in [-0.3, -0.25) is 0 Å². The van der Waals surface area contributed by atoms with Crippen LogP contribution in [-0.4, -0.2) is 58.9 Å². The molecule has 1 heterocycles. The zero-order valence-corrected chi connectivity index (χ0v) is 21.8. The minimum Gasteiger partial charge on any atom is -0.497 e. The second-order valence-electron chi connectivity index (χ2n) is 8.67. The van der Waals surface area contributed by atoms with E-state index in [9.17, 15) is 16.8 Å². The molecule has 10 heteroatoms. The van der Waals surface area contributed by atoms with E-state index < -0.39 is 31.9 Å². The molecule has 2 atom stereocenters. The Morgan fingerprint density at radius 3 is 2.14 bits per heavy atom. The molecule has 0 spiro atoms. The van der Waals surface area contributed by atoms with E-state index in [2.05, 4.69) is 5.32 Å². The number of ether oxygens (including phenoxy) is 2. The Hall–Kier alpha value is -2.92. The summed E-state index contributed by atoms with van der Waals surface area (Å²) in [5.41, 5.74) is 1.73. The van der Waals surface area contributed by atoms with Crippen LogP contribution in [0.15, 0.2) is 83.8 Å². The van der Waals surface area contributed by atoms with Crippen LogP contribution in [-0.2, 0) is 33.0 Å². The number of hydrogen-bond donors (Lipinski definition) is 1. The topological polar surface area (TPSA) is 102 Å². The summed E-state index contributed by atoms with van der Waals surface area (Å²) in [4.78, 5) is -0.0483. The summed E-state index contributed by atoms with van der Waals surface area (Å²) < 4.78 is 65.7. The maximum absolute atomic E-state index is 14.1. The highest BCUT2D eigenvalue weighted by atomic mass is 32.2. The van der Waals surface area contributed by atoms with Gasteiger partial charge >= 0.3 is 0 Å². The van der Waals surface area contributed by atoms with Crippen LogP contribution >= 0.6 is 0 Å². The molecule has 3 aromatic rings. The lowest BCUT2D eigenvalue weighted by Gasteiger charge is -2.32. The molecular formula is C26H30N2O6S2. The minimum absolute atomic E-state index is 0.0159. The van der Waals surface area contributed by atoms with E-state index in [0.29, 0.717) is 12.3 Å². The van der Waals surface area contributed by atoms with Gasteiger partial charge in [0.15, 0.2) is 9.84 Å². The highest BCUT2D eigenvalue weighted by Gasteiger charge is 2.46. The summed E-state index contributed by atoms with van der Waals surface area (Å²) in [5.74, 6) is 0.156. The maximum Gasteiger partial charge on any atom is 0.247 e. The van der Waals surface area contributed by atoms with E-state index in [1.54, 1.807) is 6.07 Å². The van der Waals surface area contributed by atoms with Crippen molar-refractivity contribution in [1.29, 1.82) is 0 Å². The maximum atomic E-state index is 14.1. The lowest BCUT2D eigenvalue weighted by Crippen LogP contribution is -2.51. The van der Waals surface area contributed by atoms with Crippen LogP contribution in [0.2, 0.25) is 0 Å². The molecule has 0 bridgehead atoms. The smallest absolute Gasteiger partial charge is 0.247 e. The fourth-order valence-corrected chi connectivity index (χ4v) is 8.25. The van der Waals surface area contributed by atoms with Gasteiger partial charge in [-0.25, -0.2) is 16.8 Å². The molecule has 3 aromatic carbocycles. The molecule has 1 aliphatic heterocycles. The third kappa shape index (κ3) is 5.89. The Balaban J connectivity index is 1.75. The number of nitrogens with one attached hydrogen (secondary N) is 1. The van der Waals surface area contributed by atoms with Crippen molar-refractivity contribution in [2.24, 2.45) is 0 Å². The van der Waals surface area contributed by atoms with Crippen LogP contribution < -0.4 is 14.8 Å². The summed E-state index contributed by atoms with van der Waals surface area (Å²) in [7, 11) is -4.77. The number of sulfonamides is 1. The predicted molar refractivity (Wildman–Crippen MR) is 138 cm³/mol. The normalized spacial score (nSPS) is 19.3. The number of nitrogens with zero attached hydrogens (tertiary/aromatic N) is 1. The molecule has 1 saturated heterocycles. The Kier molecular flexibility index (Phi) is 7.99. The fourth-order valence-electron chi connectivity index (χ4n) is 4.41. The second-order valence-corrected chi connectivity index (χ2v) is 12.7. The third-order valence-corrected chi connectivity index (χ3v) is 9.87. The van der Waals surface area contributed by atoms with E-state index in [1.165, 1.54) is 30.7 Å². The lowest BCUT2D eigenvalue weighted by atomic mass is 10.1. The molecule has 4 rings (SSSR count). The van der Waals surface area contributed by atoms with Crippen molar-refractivity contribution in [1.82, 2.24) is 9.62 Å². The summed E-state index contributed by atoms with van der Waals surface area (Å²) in [6.07, 6.45) is 0. The molecular weight excluding hydrogens is 500 g/mol. The first-order chi connectivity index (χ1) is 17.2. The van der Waals surface area contributed by atoms with Gasteiger partial charge < -0.3 is 14.8 Å². The SMILES string of the molecule is COc1ccc(S(=O)(=O)N(Cc2ccccc2)[C@H]2CS(=O)(=O)C[C@H]2NCc2ccccc2)c(OC)c1. The van der Waals surface area contributed by atoms with Gasteiger partial charge in [-0.15, -0.1) is 0 Å². The molecule has 0 unspecified atom stereocenters. The van der Waals surface area contributed by atoms with E-state index in [4.69, 9.17) is 9.47 Å². The van der Waals surface area contributed by atoms with Crippen LogP contribution in [0.1, 0.15) is 11.1 Å². The van der Waals surface area contributed by atoms with E-state index in [1.807, 2.05) is 60.7 Å². The zero-order valence-electron chi connectivity index (χ0n) is 20.2. The van der Waals surface area contributed by atoms with Gasteiger partial charge in [0.25, 0.3) is 0 Å². The predicted octanol–water partition coefficient (Wildman–Crippen LogP) is 2.85. The molecule has 0 amide bonds. The van der Waals surface area contributed by atoms with E-state index >= 15 is 0 Å². The van der Waals surface area contributed by atoms with Gasteiger partial charge in [-0.1, -0.05) is 60.7 Å². The average molecular weight is 531 g/mol. The van der Waals surface area contributed by atoms with Crippen molar-refractivity contribution < 1.29 is 26.3 Å². The van der Waals surface area contributed by atoms with Gasteiger partial charge in [0.2, 0.25) is 10.0 Å². The molecule has 1 fully saturated rings. The monoisotopic (exact) mass is 530 g/mol. The first kappa shape index (κ1) is 26.2. The van der Waals surface area contributed by atoms with Gasteiger partial charge in [-0.05, 0) is 23.3 Å². The van der Waals surface area contributed by atoms with Crippen molar-refractivity contribution in [2.75, 3.05) is 25.7 Å². The first-order valence-electron chi connectivity index (χ1n) is 11.5. The molecule has 0 aliphatic carbocycles. The van der Waals surface area contributed by atoms with Gasteiger partial charge in [0.05, 0.1) is 31.8 Å². The van der Waals surface area contributed by atoms with Crippen LogP contribution in [0.5, 0.6) is 11.5 Å². The largest absolute Gasteiger partial charge is 0.497 e. The van der Waals surface area contributed by atoms with Crippen molar-refractivity contribution in [2.45, 2.75) is 30.1 Å². The fraction of sp³-hybridized carbons (Fsp3) is 0.308. The number of rotatable bonds is 10. The lowest BCUT2D eigenvalue weighted by molar-refractivity contribution is 0.285. The van der Waals surface area contributed by atoms with Gasteiger partial charge in [-0.2, -0.15) is 4.31 Å². The van der Waals surface area contributed by atoms with Crippen molar-refractivity contribution in [3.63, 3.8) is 0 Å². The van der Waals surface area contributed by atoms with Crippen LogP contribution in [0.3, 0.4) is 0 Å². The molecule has 0 saturated carbocycles. The van der Waals surface area contributed by atoms with Crippen molar-refractivity contribution in [3.8, 4) is 11.5 Å². The Morgan fingerprint density at radius 2 is 1.53 bits per heavy atom. The third-order valence-electron chi connectivity index (χ3n) is 6.24. The molecule has 8 nitrogen and oxygen atoms in total. The molecule has 192 valence electrons. The zero-order chi connectivity index (χ0) is 25.8. The highest BCUT2D eigenvalue weighted by molar-refractivity contribution is 7.92. The number of sulfone groups is 1. The Morgan fingerprint density at radius 1 is 0.889 bits per heavy atom. The summed E-state index contributed by atoms with van der Waals surface area (Å²) >= 11 is 0. The van der Waals surface area contributed by atoms with E-state index in [0.717, 1.165) is 11.1 Å². The van der Waals surface area contributed by atoms with Gasteiger partial charge in [0.1, 0.15) is 16.4 Å². The Bertz CT molecular complexity index is 1380. The van der Waals surface area contributed by atoms with E-state index in [-0.39, 0.29) is 28.7 Å². The van der Waals surface area contributed by atoms with Crippen molar-refractivity contribution >= 4 is 19.9 Å². The van der Waals surface area contributed by atoms with Crippen LogP contribution in [0.4, 0.5) is 0 Å². The number of methoxy groups -OCH3 is 2. The molecule has 0 radical (unpaired) electrons. The molecule has 36 heavy (non-hydrogen) atoms. The number of hydrogen-bond acceptors (Lipinski definition) is 7. The minimum atomic E-state index is -4.17. The van der Waals surface area contributed by atoms with Gasteiger partial charge in [0, 0.05) is 25.2 Å². The average Bonchev–Trinajstić information content (AvgIpc) is 3.20. The second kappa shape index (κ2) is 11.0. The molecule has 1 aliphatic rings.